The number of aryl methyl sites for hydroxylation is 2. The van der Waals surface area contributed by atoms with Crippen LogP contribution >= 0.6 is 11.3 Å². The third kappa shape index (κ3) is 5.57. The van der Waals surface area contributed by atoms with Gasteiger partial charge in [-0.3, -0.25) is 14.4 Å². The van der Waals surface area contributed by atoms with Crippen molar-refractivity contribution in [3.63, 3.8) is 0 Å². The number of methoxy groups -OCH3 is 3. The molecule has 0 radical (unpaired) electrons. The van der Waals surface area contributed by atoms with Gasteiger partial charge in [0.25, 0.3) is 0 Å². The van der Waals surface area contributed by atoms with Crippen LogP contribution in [0.3, 0.4) is 0 Å². The second-order valence-electron chi connectivity index (χ2n) is 8.79. The number of fused-ring (bicyclic) bond motifs is 3. The van der Waals surface area contributed by atoms with Crippen molar-refractivity contribution >= 4 is 34.0 Å². The van der Waals surface area contributed by atoms with E-state index < -0.39 is 6.04 Å². The number of rotatable bonds is 8. The second-order valence-corrected chi connectivity index (χ2v) is 9.65. The van der Waals surface area contributed by atoms with Crippen molar-refractivity contribution in [3.8, 4) is 28.4 Å². The zero-order valence-electron chi connectivity index (χ0n) is 21.9. The molecule has 11 heteroatoms. The minimum absolute atomic E-state index is 0.122. The van der Waals surface area contributed by atoms with E-state index in [1.165, 1.54) is 31.4 Å². The summed E-state index contributed by atoms with van der Waals surface area (Å²) in [7, 11) is 4.64. The third-order valence-electron chi connectivity index (χ3n) is 6.22. The molecular weight excluding hydrogens is 508 g/mol. The molecule has 0 bridgehead atoms. The van der Waals surface area contributed by atoms with Gasteiger partial charge in [-0.15, -0.1) is 11.3 Å². The predicted octanol–water partition coefficient (Wildman–Crippen LogP) is 3.68. The van der Waals surface area contributed by atoms with Crippen LogP contribution in [0.2, 0.25) is 0 Å². The maximum Gasteiger partial charge on any atom is 0.245 e. The largest absolute Gasteiger partial charge is 0.493 e. The molecule has 0 fully saturated rings. The fraction of sp³-hybridized carbons (Fsp3) is 0.333. The molecular formula is C27H30N4O6S. The van der Waals surface area contributed by atoms with Gasteiger partial charge >= 0.3 is 0 Å². The van der Waals surface area contributed by atoms with Crippen molar-refractivity contribution < 1.29 is 23.8 Å². The number of nitrogens with zero attached hydrogens (tertiary/aromatic N) is 1. The first-order valence-electron chi connectivity index (χ1n) is 12.0. The molecule has 2 amide bonds. The van der Waals surface area contributed by atoms with Crippen LogP contribution in [0.5, 0.6) is 17.2 Å². The fourth-order valence-corrected chi connectivity index (χ4v) is 5.31. The molecule has 4 rings (SSSR count). The van der Waals surface area contributed by atoms with Gasteiger partial charge < -0.3 is 30.2 Å². The second kappa shape index (κ2) is 11.5. The van der Waals surface area contributed by atoms with Crippen LogP contribution in [-0.4, -0.2) is 44.7 Å². The maximum absolute atomic E-state index is 13.3. The van der Waals surface area contributed by atoms with Crippen molar-refractivity contribution in [1.82, 2.24) is 10.3 Å². The van der Waals surface area contributed by atoms with Gasteiger partial charge in [-0.1, -0.05) is 6.07 Å². The summed E-state index contributed by atoms with van der Waals surface area (Å²) in [4.78, 5) is 42.0. The number of ether oxygens (including phenoxy) is 3. The van der Waals surface area contributed by atoms with Gasteiger partial charge in [0.1, 0.15) is 0 Å². The van der Waals surface area contributed by atoms with Crippen molar-refractivity contribution in [2.45, 2.75) is 32.7 Å². The first-order chi connectivity index (χ1) is 18.2. The van der Waals surface area contributed by atoms with Crippen LogP contribution in [0.1, 0.15) is 36.2 Å². The van der Waals surface area contributed by atoms with Crippen LogP contribution in [-0.2, 0) is 16.0 Å². The van der Waals surface area contributed by atoms with Crippen molar-refractivity contribution in [2.75, 3.05) is 38.5 Å². The molecule has 1 atom stereocenters. The molecule has 1 heterocycles. The molecule has 10 nitrogen and oxygen atoms in total. The fourth-order valence-electron chi connectivity index (χ4n) is 4.60. The summed E-state index contributed by atoms with van der Waals surface area (Å²) in [6.45, 7) is 3.17. The van der Waals surface area contributed by atoms with Gasteiger partial charge in [-0.25, -0.2) is 4.98 Å². The number of anilines is 2. The van der Waals surface area contributed by atoms with Gasteiger partial charge in [0.05, 0.1) is 45.3 Å². The SMILES string of the molecule is COc1cc2c(c(OC)c1OC)-c1ccc(NCC(=O)Nc3nc(C)cs3)c(=O)cc1[C@@H](NC(C)=O)CC2. The molecule has 0 saturated carbocycles. The summed E-state index contributed by atoms with van der Waals surface area (Å²) in [6, 6.07) is 6.42. The molecule has 0 saturated heterocycles. The van der Waals surface area contributed by atoms with E-state index in [9.17, 15) is 14.4 Å². The molecule has 0 spiro atoms. The third-order valence-corrected chi connectivity index (χ3v) is 7.10. The Morgan fingerprint density at radius 1 is 1.11 bits per heavy atom. The molecule has 1 aliphatic rings. The lowest BCUT2D eigenvalue weighted by Gasteiger charge is -2.19. The Kier molecular flexibility index (Phi) is 8.16. The lowest BCUT2D eigenvalue weighted by Crippen LogP contribution is -2.27. The van der Waals surface area contributed by atoms with Crippen LogP contribution < -0.4 is 35.6 Å². The zero-order valence-corrected chi connectivity index (χ0v) is 22.7. The smallest absolute Gasteiger partial charge is 0.245 e. The number of hydrogen-bond donors (Lipinski definition) is 3. The Hall–Kier alpha value is -4.12. The van der Waals surface area contributed by atoms with Crippen molar-refractivity contribution in [3.05, 3.63) is 56.7 Å². The highest BCUT2D eigenvalue weighted by Gasteiger charge is 2.29. The molecule has 3 N–H and O–H groups in total. The summed E-state index contributed by atoms with van der Waals surface area (Å²) in [5.41, 5.74) is 3.78. The molecule has 1 aliphatic carbocycles. The van der Waals surface area contributed by atoms with Gasteiger partial charge in [-0.05, 0) is 54.7 Å². The minimum Gasteiger partial charge on any atom is -0.493 e. The summed E-state index contributed by atoms with van der Waals surface area (Å²) >= 11 is 1.33. The first-order valence-corrected chi connectivity index (χ1v) is 12.9. The van der Waals surface area contributed by atoms with Crippen LogP contribution in [0.25, 0.3) is 11.1 Å². The summed E-state index contributed by atoms with van der Waals surface area (Å²) in [5, 5.41) is 11.0. The van der Waals surface area contributed by atoms with E-state index in [0.717, 1.165) is 16.8 Å². The number of benzene rings is 1. The average Bonchev–Trinajstić information content (AvgIpc) is 3.15. The number of nitrogens with one attached hydrogen (secondary N) is 3. The number of thiazole rings is 1. The Bertz CT molecular complexity index is 1440. The van der Waals surface area contributed by atoms with E-state index in [-0.39, 0.29) is 29.5 Å². The number of carbonyl (C=O) groups is 2. The lowest BCUT2D eigenvalue weighted by molar-refractivity contribution is -0.119. The first kappa shape index (κ1) is 26.9. The van der Waals surface area contributed by atoms with Crippen LogP contribution in [0.4, 0.5) is 10.8 Å². The van der Waals surface area contributed by atoms with Gasteiger partial charge in [-0.2, -0.15) is 0 Å². The topological polar surface area (TPSA) is 128 Å². The summed E-state index contributed by atoms with van der Waals surface area (Å²) < 4.78 is 16.9. The normalized spacial score (nSPS) is 13.9. The van der Waals surface area contributed by atoms with E-state index in [1.54, 1.807) is 26.4 Å². The van der Waals surface area contributed by atoms with Crippen molar-refractivity contribution in [2.24, 2.45) is 0 Å². The molecule has 1 aromatic heterocycles. The maximum atomic E-state index is 13.3. The zero-order chi connectivity index (χ0) is 27.4. The van der Waals surface area contributed by atoms with E-state index in [2.05, 4.69) is 20.9 Å². The number of carbonyl (C=O) groups excluding carboxylic acids is 2. The highest BCUT2D eigenvalue weighted by molar-refractivity contribution is 7.13. The standard InChI is InChI=1S/C27H30N4O6S/c1-14-13-38-27(29-14)31-23(34)12-28-20-9-7-17-18(11-21(20)33)19(30-15(2)32)8-6-16-10-22(35-3)25(36-4)26(37-5)24(16)17/h7,9-11,13,19H,6,8,12H2,1-5H3,(H,28,33)(H,30,32)(H,29,31,34)/t19-/m0/s1. The quantitative estimate of drug-likeness (QED) is 0.396. The van der Waals surface area contributed by atoms with Gasteiger partial charge in [0.15, 0.2) is 16.6 Å². The molecule has 0 aliphatic heterocycles. The number of amides is 2. The van der Waals surface area contributed by atoms with E-state index in [4.69, 9.17) is 14.2 Å². The highest BCUT2D eigenvalue weighted by Crippen LogP contribution is 2.50. The Morgan fingerprint density at radius 2 is 1.87 bits per heavy atom. The van der Waals surface area contributed by atoms with Gasteiger partial charge in [0.2, 0.25) is 23.0 Å². The Morgan fingerprint density at radius 3 is 2.50 bits per heavy atom. The van der Waals surface area contributed by atoms with Gasteiger partial charge in [0, 0.05) is 17.9 Å². The van der Waals surface area contributed by atoms with E-state index in [0.29, 0.717) is 46.3 Å². The molecule has 0 unspecified atom stereocenters. The lowest BCUT2D eigenvalue weighted by atomic mass is 9.95. The molecule has 3 aromatic rings. The van der Waals surface area contributed by atoms with Crippen molar-refractivity contribution in [1.29, 1.82) is 0 Å². The number of aromatic nitrogens is 1. The number of hydrogen-bond acceptors (Lipinski definition) is 9. The highest BCUT2D eigenvalue weighted by atomic mass is 32.1. The van der Waals surface area contributed by atoms with Crippen LogP contribution in [0.15, 0.2) is 34.4 Å². The molecule has 200 valence electrons. The predicted molar refractivity (Wildman–Crippen MR) is 147 cm³/mol. The molecule has 2 aromatic carbocycles. The Balaban J connectivity index is 1.79. The van der Waals surface area contributed by atoms with Crippen LogP contribution in [0, 0.1) is 6.92 Å². The summed E-state index contributed by atoms with van der Waals surface area (Å²) in [6.07, 6.45) is 1.16. The monoisotopic (exact) mass is 538 g/mol. The molecule has 38 heavy (non-hydrogen) atoms. The van der Waals surface area contributed by atoms with E-state index in [1.807, 2.05) is 18.4 Å². The summed E-state index contributed by atoms with van der Waals surface area (Å²) in [5.74, 6) is 0.889. The minimum atomic E-state index is -0.416. The average molecular weight is 539 g/mol. The van der Waals surface area contributed by atoms with E-state index >= 15 is 0 Å². The Labute approximate surface area is 224 Å².